The maximum Gasteiger partial charge on any atom is 0.120 e. The predicted octanol–water partition coefficient (Wildman–Crippen LogP) is 5.05. The number of halogens is 1. The number of hydrogen-bond acceptors (Lipinski definition) is 2. The van der Waals surface area contributed by atoms with Gasteiger partial charge in [0.15, 0.2) is 0 Å². The first-order valence-corrected chi connectivity index (χ1v) is 8.43. The molecule has 1 fully saturated rings. The van der Waals surface area contributed by atoms with E-state index in [0.717, 1.165) is 16.8 Å². The van der Waals surface area contributed by atoms with E-state index >= 15 is 0 Å². The van der Waals surface area contributed by atoms with Crippen LogP contribution in [0.15, 0.2) is 22.7 Å². The summed E-state index contributed by atoms with van der Waals surface area (Å²) in [6, 6.07) is 6.33. The minimum absolute atomic E-state index is 0.125. The van der Waals surface area contributed by atoms with Crippen LogP contribution >= 0.6 is 15.9 Å². The highest BCUT2D eigenvalue weighted by molar-refractivity contribution is 9.10. The quantitative estimate of drug-likeness (QED) is 0.828. The molecule has 112 valence electrons. The Labute approximate surface area is 131 Å². The third kappa shape index (κ3) is 5.10. The zero-order valence-electron chi connectivity index (χ0n) is 12.8. The molecule has 2 rings (SSSR count). The second-order valence-corrected chi connectivity index (χ2v) is 7.59. The molecule has 1 N–H and O–H groups in total. The normalized spacial score (nSPS) is 17.2. The number of ether oxygens (including phenoxy) is 1. The van der Waals surface area contributed by atoms with Crippen molar-refractivity contribution in [2.75, 3.05) is 0 Å². The topological polar surface area (TPSA) is 21.3 Å². The zero-order chi connectivity index (χ0) is 14.6. The summed E-state index contributed by atoms with van der Waals surface area (Å²) in [5.41, 5.74) is 1.38. The van der Waals surface area contributed by atoms with Crippen molar-refractivity contribution in [3.8, 4) is 5.75 Å². The van der Waals surface area contributed by atoms with Gasteiger partial charge in [0.05, 0.1) is 6.10 Å². The smallest absolute Gasteiger partial charge is 0.120 e. The minimum atomic E-state index is 0.125. The molecular weight excluding hydrogens is 314 g/mol. The molecule has 0 unspecified atom stereocenters. The van der Waals surface area contributed by atoms with Crippen LogP contribution in [0.5, 0.6) is 5.75 Å². The van der Waals surface area contributed by atoms with Crippen molar-refractivity contribution in [2.24, 2.45) is 0 Å². The second kappa shape index (κ2) is 6.95. The van der Waals surface area contributed by atoms with Gasteiger partial charge in [0.25, 0.3) is 0 Å². The fraction of sp³-hybridized carbons (Fsp3) is 0.647. The van der Waals surface area contributed by atoms with E-state index in [4.69, 9.17) is 4.74 Å². The standard InChI is InChI=1S/C17H26BrNO/c1-17(2,3)19-12-13-11-15(9-10-16(13)18)20-14-7-5-4-6-8-14/h9-11,14,19H,4-8,12H2,1-3H3. The molecule has 0 saturated heterocycles. The average Bonchev–Trinajstić information content (AvgIpc) is 2.40. The van der Waals surface area contributed by atoms with Gasteiger partial charge in [0.2, 0.25) is 0 Å². The van der Waals surface area contributed by atoms with Crippen LogP contribution in [0.25, 0.3) is 0 Å². The van der Waals surface area contributed by atoms with Crippen molar-refractivity contribution in [3.05, 3.63) is 28.2 Å². The van der Waals surface area contributed by atoms with Gasteiger partial charge in [-0.15, -0.1) is 0 Å². The van der Waals surface area contributed by atoms with Gasteiger partial charge in [0.1, 0.15) is 5.75 Å². The first-order chi connectivity index (χ1) is 9.44. The summed E-state index contributed by atoms with van der Waals surface area (Å²) in [6.45, 7) is 7.40. The van der Waals surface area contributed by atoms with Gasteiger partial charge in [-0.3, -0.25) is 0 Å². The Morgan fingerprint density at radius 3 is 2.55 bits per heavy atom. The van der Waals surface area contributed by atoms with Crippen molar-refractivity contribution < 1.29 is 4.74 Å². The first kappa shape index (κ1) is 15.8. The highest BCUT2D eigenvalue weighted by atomic mass is 79.9. The lowest BCUT2D eigenvalue weighted by Crippen LogP contribution is -2.35. The summed E-state index contributed by atoms with van der Waals surface area (Å²) >= 11 is 3.63. The summed E-state index contributed by atoms with van der Waals surface area (Å²) < 4.78 is 7.28. The Bertz CT molecular complexity index is 433. The lowest BCUT2D eigenvalue weighted by Gasteiger charge is -2.24. The molecule has 1 aromatic rings. The van der Waals surface area contributed by atoms with Crippen molar-refractivity contribution in [2.45, 2.75) is 71.1 Å². The van der Waals surface area contributed by atoms with E-state index in [0.29, 0.717) is 6.10 Å². The van der Waals surface area contributed by atoms with Gasteiger partial charge >= 0.3 is 0 Å². The summed E-state index contributed by atoms with van der Waals surface area (Å²) in [7, 11) is 0. The SMILES string of the molecule is CC(C)(C)NCc1cc(OC2CCCCC2)ccc1Br. The van der Waals surface area contributed by atoms with Gasteiger partial charge in [-0.25, -0.2) is 0 Å². The molecule has 3 heteroatoms. The number of nitrogens with one attached hydrogen (secondary N) is 1. The maximum absolute atomic E-state index is 6.13. The van der Waals surface area contributed by atoms with Crippen molar-refractivity contribution in [1.82, 2.24) is 5.32 Å². The molecule has 0 heterocycles. The summed E-state index contributed by atoms with van der Waals surface area (Å²) in [5.74, 6) is 1.01. The maximum atomic E-state index is 6.13. The molecule has 0 radical (unpaired) electrons. The molecule has 20 heavy (non-hydrogen) atoms. The van der Waals surface area contributed by atoms with Gasteiger partial charge in [-0.2, -0.15) is 0 Å². The molecule has 1 aromatic carbocycles. The fourth-order valence-corrected chi connectivity index (χ4v) is 2.88. The minimum Gasteiger partial charge on any atom is -0.490 e. The molecule has 0 spiro atoms. The summed E-state index contributed by atoms with van der Waals surface area (Å²) in [4.78, 5) is 0. The second-order valence-electron chi connectivity index (χ2n) is 6.73. The van der Waals surface area contributed by atoms with E-state index in [1.165, 1.54) is 37.7 Å². The monoisotopic (exact) mass is 339 g/mol. The Hall–Kier alpha value is -0.540. The van der Waals surface area contributed by atoms with E-state index in [9.17, 15) is 0 Å². The molecule has 0 aromatic heterocycles. The molecule has 1 aliphatic carbocycles. The van der Waals surface area contributed by atoms with Crippen LogP contribution in [0.3, 0.4) is 0 Å². The molecular formula is C17H26BrNO. The van der Waals surface area contributed by atoms with Crippen molar-refractivity contribution in [3.63, 3.8) is 0 Å². The average molecular weight is 340 g/mol. The Kier molecular flexibility index (Phi) is 5.50. The molecule has 0 bridgehead atoms. The third-order valence-corrected chi connectivity index (χ3v) is 4.45. The molecule has 0 atom stereocenters. The Morgan fingerprint density at radius 2 is 1.90 bits per heavy atom. The number of benzene rings is 1. The van der Waals surface area contributed by atoms with Gasteiger partial charge in [0, 0.05) is 16.6 Å². The number of hydrogen-bond donors (Lipinski definition) is 1. The van der Waals surface area contributed by atoms with Crippen molar-refractivity contribution >= 4 is 15.9 Å². The Morgan fingerprint density at radius 1 is 1.20 bits per heavy atom. The van der Waals surface area contributed by atoms with Crippen molar-refractivity contribution in [1.29, 1.82) is 0 Å². The molecule has 1 saturated carbocycles. The van der Waals surface area contributed by atoms with Gasteiger partial charge < -0.3 is 10.1 Å². The predicted molar refractivity (Wildman–Crippen MR) is 88.2 cm³/mol. The van der Waals surface area contributed by atoms with Gasteiger partial charge in [-0.1, -0.05) is 22.4 Å². The molecule has 0 amide bonds. The Balaban J connectivity index is 1.99. The first-order valence-electron chi connectivity index (χ1n) is 7.64. The summed E-state index contributed by atoms with van der Waals surface area (Å²) in [5, 5.41) is 3.52. The highest BCUT2D eigenvalue weighted by Crippen LogP contribution is 2.27. The lowest BCUT2D eigenvalue weighted by atomic mass is 9.98. The molecule has 0 aliphatic heterocycles. The molecule has 2 nitrogen and oxygen atoms in total. The van der Waals surface area contributed by atoms with Crippen LogP contribution < -0.4 is 10.1 Å². The van der Waals surface area contributed by atoms with Gasteiger partial charge in [-0.05, 0) is 70.2 Å². The largest absolute Gasteiger partial charge is 0.490 e. The van der Waals surface area contributed by atoms with Crippen LogP contribution in [0.1, 0.15) is 58.4 Å². The fourth-order valence-electron chi connectivity index (χ4n) is 2.50. The van der Waals surface area contributed by atoms with E-state index in [1.807, 2.05) is 0 Å². The van der Waals surface area contributed by atoms with E-state index in [1.54, 1.807) is 0 Å². The van der Waals surface area contributed by atoms with Crippen LogP contribution in [-0.4, -0.2) is 11.6 Å². The zero-order valence-corrected chi connectivity index (χ0v) is 14.4. The van der Waals surface area contributed by atoms with Crippen LogP contribution in [0.2, 0.25) is 0 Å². The third-order valence-electron chi connectivity index (χ3n) is 3.68. The lowest BCUT2D eigenvalue weighted by molar-refractivity contribution is 0.155. The van der Waals surface area contributed by atoms with Crippen LogP contribution in [0.4, 0.5) is 0 Å². The highest BCUT2D eigenvalue weighted by Gasteiger charge is 2.16. The van der Waals surface area contributed by atoms with E-state index < -0.39 is 0 Å². The van der Waals surface area contributed by atoms with Crippen LogP contribution in [0, 0.1) is 0 Å². The van der Waals surface area contributed by atoms with Crippen LogP contribution in [-0.2, 0) is 6.54 Å². The van der Waals surface area contributed by atoms with E-state index in [2.05, 4.69) is 60.2 Å². The number of rotatable bonds is 4. The molecule has 1 aliphatic rings. The summed E-state index contributed by atoms with van der Waals surface area (Å²) in [6.07, 6.45) is 6.78. The van der Waals surface area contributed by atoms with E-state index in [-0.39, 0.29) is 5.54 Å².